The second-order valence-corrected chi connectivity index (χ2v) is 3.27. The highest BCUT2D eigenvalue weighted by Gasteiger charge is 2.06. The summed E-state index contributed by atoms with van der Waals surface area (Å²) in [6.07, 6.45) is 1.37. The molecule has 0 saturated heterocycles. The summed E-state index contributed by atoms with van der Waals surface area (Å²) in [5, 5.41) is 12.3. The number of aromatic amines is 1. The normalized spacial score (nSPS) is 9.88. The maximum absolute atomic E-state index is 11.4. The van der Waals surface area contributed by atoms with Crippen molar-refractivity contribution in [3.63, 3.8) is 0 Å². The van der Waals surface area contributed by atoms with Crippen molar-refractivity contribution in [1.29, 1.82) is 0 Å². The first kappa shape index (κ1) is 11.1. The number of carbonyl (C=O) groups excluding carboxylic acids is 1. The number of aromatic nitrogens is 3. The molecule has 1 aromatic carbocycles. The summed E-state index contributed by atoms with van der Waals surface area (Å²) in [5.41, 5.74) is 0.268. The molecular formula is C11H12N4O2. The summed E-state index contributed by atoms with van der Waals surface area (Å²) in [4.78, 5) is 11.4. The molecule has 0 aliphatic carbocycles. The van der Waals surface area contributed by atoms with Crippen LogP contribution >= 0.6 is 0 Å². The van der Waals surface area contributed by atoms with Crippen LogP contribution in [0, 0.1) is 0 Å². The Labute approximate surface area is 98.0 Å². The minimum atomic E-state index is -0.268. The van der Waals surface area contributed by atoms with E-state index in [1.54, 1.807) is 0 Å². The highest BCUT2D eigenvalue weighted by Crippen LogP contribution is 2.07. The Morgan fingerprint density at radius 2 is 2.18 bits per heavy atom. The van der Waals surface area contributed by atoms with Gasteiger partial charge in [-0.25, -0.2) is 0 Å². The van der Waals surface area contributed by atoms with Crippen molar-refractivity contribution < 1.29 is 9.53 Å². The van der Waals surface area contributed by atoms with Gasteiger partial charge < -0.3 is 10.1 Å². The number of H-pyrrole nitrogens is 1. The molecule has 0 atom stereocenters. The summed E-state index contributed by atoms with van der Waals surface area (Å²) in [7, 11) is 0. The second kappa shape index (κ2) is 5.64. The fraction of sp³-hybridized carbons (Fsp3) is 0.182. The fourth-order valence-corrected chi connectivity index (χ4v) is 1.25. The molecule has 0 aliphatic rings. The molecule has 6 heteroatoms. The topological polar surface area (TPSA) is 79.9 Å². The molecule has 88 valence electrons. The second-order valence-electron chi connectivity index (χ2n) is 3.27. The van der Waals surface area contributed by atoms with Crippen LogP contribution in [0.25, 0.3) is 0 Å². The Hall–Kier alpha value is -2.37. The van der Waals surface area contributed by atoms with E-state index in [9.17, 15) is 4.79 Å². The number of rotatable bonds is 5. The SMILES string of the molecule is O=C(NCCOc1ccccc1)c1cn[nH]n1. The van der Waals surface area contributed by atoms with E-state index in [-0.39, 0.29) is 11.6 Å². The van der Waals surface area contributed by atoms with Crippen molar-refractivity contribution in [3.05, 3.63) is 42.2 Å². The maximum Gasteiger partial charge on any atom is 0.273 e. The summed E-state index contributed by atoms with van der Waals surface area (Å²) in [6.45, 7) is 0.828. The van der Waals surface area contributed by atoms with E-state index in [2.05, 4.69) is 20.7 Å². The quantitative estimate of drug-likeness (QED) is 0.740. The zero-order chi connectivity index (χ0) is 11.9. The van der Waals surface area contributed by atoms with Gasteiger partial charge in [-0.1, -0.05) is 18.2 Å². The van der Waals surface area contributed by atoms with E-state index < -0.39 is 0 Å². The molecule has 0 aliphatic heterocycles. The van der Waals surface area contributed by atoms with Gasteiger partial charge in [0.2, 0.25) is 0 Å². The van der Waals surface area contributed by atoms with Crippen LogP contribution in [0.5, 0.6) is 5.75 Å². The number of nitrogens with zero attached hydrogens (tertiary/aromatic N) is 2. The van der Waals surface area contributed by atoms with E-state index in [1.807, 2.05) is 30.3 Å². The summed E-state index contributed by atoms with van der Waals surface area (Å²) in [6, 6.07) is 9.42. The summed E-state index contributed by atoms with van der Waals surface area (Å²) in [5.74, 6) is 0.513. The number of hydrogen-bond donors (Lipinski definition) is 2. The van der Waals surface area contributed by atoms with Crippen molar-refractivity contribution in [2.24, 2.45) is 0 Å². The predicted molar refractivity (Wildman–Crippen MR) is 60.7 cm³/mol. The number of para-hydroxylation sites is 1. The van der Waals surface area contributed by atoms with Crippen molar-refractivity contribution >= 4 is 5.91 Å². The lowest BCUT2D eigenvalue weighted by Gasteiger charge is -2.06. The zero-order valence-electron chi connectivity index (χ0n) is 9.09. The minimum absolute atomic E-state index is 0.268. The molecule has 2 N–H and O–H groups in total. The van der Waals surface area contributed by atoms with Gasteiger partial charge in [0.05, 0.1) is 12.7 Å². The van der Waals surface area contributed by atoms with E-state index in [4.69, 9.17) is 4.74 Å². The van der Waals surface area contributed by atoms with Gasteiger partial charge in [-0.05, 0) is 12.1 Å². The average Bonchev–Trinajstić information content (AvgIpc) is 2.89. The van der Waals surface area contributed by atoms with E-state index in [0.29, 0.717) is 13.2 Å². The lowest BCUT2D eigenvalue weighted by Crippen LogP contribution is -2.28. The largest absolute Gasteiger partial charge is 0.492 e. The summed E-state index contributed by atoms with van der Waals surface area (Å²) < 4.78 is 5.42. The van der Waals surface area contributed by atoms with Crippen LogP contribution in [0.4, 0.5) is 0 Å². The average molecular weight is 232 g/mol. The van der Waals surface area contributed by atoms with Crippen LogP contribution in [0.1, 0.15) is 10.5 Å². The van der Waals surface area contributed by atoms with E-state index in [0.717, 1.165) is 5.75 Å². The van der Waals surface area contributed by atoms with Crippen LogP contribution in [0.3, 0.4) is 0 Å². The smallest absolute Gasteiger partial charge is 0.273 e. The molecule has 2 aromatic rings. The third kappa shape index (κ3) is 3.30. The molecule has 0 bridgehead atoms. The van der Waals surface area contributed by atoms with Gasteiger partial charge in [0.15, 0.2) is 5.69 Å². The Morgan fingerprint density at radius 3 is 2.88 bits per heavy atom. The monoisotopic (exact) mass is 232 g/mol. The van der Waals surface area contributed by atoms with Gasteiger partial charge in [0.1, 0.15) is 12.4 Å². The number of carbonyl (C=O) groups is 1. The zero-order valence-corrected chi connectivity index (χ0v) is 9.09. The van der Waals surface area contributed by atoms with Crippen molar-refractivity contribution in [2.75, 3.05) is 13.2 Å². The Morgan fingerprint density at radius 1 is 1.35 bits per heavy atom. The molecular weight excluding hydrogens is 220 g/mol. The van der Waals surface area contributed by atoms with Crippen molar-refractivity contribution in [2.45, 2.75) is 0 Å². The number of benzene rings is 1. The van der Waals surface area contributed by atoms with Gasteiger partial charge in [-0.15, -0.1) is 0 Å². The molecule has 0 unspecified atom stereocenters. The molecule has 0 spiro atoms. The minimum Gasteiger partial charge on any atom is -0.492 e. The van der Waals surface area contributed by atoms with Crippen molar-refractivity contribution in [3.8, 4) is 5.75 Å². The van der Waals surface area contributed by atoms with E-state index in [1.165, 1.54) is 6.20 Å². The fourth-order valence-electron chi connectivity index (χ4n) is 1.25. The molecule has 1 heterocycles. The summed E-state index contributed by atoms with van der Waals surface area (Å²) >= 11 is 0. The van der Waals surface area contributed by atoms with Gasteiger partial charge >= 0.3 is 0 Å². The van der Waals surface area contributed by atoms with Crippen LogP contribution in [0.2, 0.25) is 0 Å². The number of hydrogen-bond acceptors (Lipinski definition) is 4. The van der Waals surface area contributed by atoms with Crippen LogP contribution in [-0.2, 0) is 0 Å². The first-order valence-electron chi connectivity index (χ1n) is 5.18. The highest BCUT2D eigenvalue weighted by molar-refractivity contribution is 5.91. The van der Waals surface area contributed by atoms with Gasteiger partial charge in [0, 0.05) is 0 Å². The molecule has 1 aromatic heterocycles. The Balaban J connectivity index is 1.69. The lowest BCUT2D eigenvalue weighted by molar-refractivity contribution is 0.0942. The van der Waals surface area contributed by atoms with Gasteiger partial charge in [-0.2, -0.15) is 15.4 Å². The molecule has 1 amide bonds. The van der Waals surface area contributed by atoms with Crippen LogP contribution in [0.15, 0.2) is 36.5 Å². The standard InChI is InChI=1S/C11H12N4O2/c16-11(10-8-13-15-14-10)12-6-7-17-9-4-2-1-3-5-9/h1-5,8H,6-7H2,(H,12,16)(H,13,14,15). The molecule has 2 rings (SSSR count). The Kier molecular flexibility index (Phi) is 3.69. The third-order valence-electron chi connectivity index (χ3n) is 2.05. The van der Waals surface area contributed by atoms with Crippen LogP contribution < -0.4 is 10.1 Å². The molecule has 6 nitrogen and oxygen atoms in total. The Bertz CT molecular complexity index is 456. The molecule has 0 saturated carbocycles. The van der Waals surface area contributed by atoms with Gasteiger partial charge in [0.25, 0.3) is 5.91 Å². The number of amides is 1. The third-order valence-corrected chi connectivity index (χ3v) is 2.05. The highest BCUT2D eigenvalue weighted by atomic mass is 16.5. The molecule has 0 fully saturated rings. The number of nitrogens with one attached hydrogen (secondary N) is 2. The first-order valence-corrected chi connectivity index (χ1v) is 5.18. The van der Waals surface area contributed by atoms with Gasteiger partial charge in [-0.3, -0.25) is 4.79 Å². The van der Waals surface area contributed by atoms with E-state index >= 15 is 0 Å². The number of ether oxygens (including phenoxy) is 1. The first-order chi connectivity index (χ1) is 8.36. The molecule has 17 heavy (non-hydrogen) atoms. The predicted octanol–water partition coefficient (Wildman–Crippen LogP) is 0.613. The maximum atomic E-state index is 11.4. The van der Waals surface area contributed by atoms with Crippen molar-refractivity contribution in [1.82, 2.24) is 20.7 Å². The lowest BCUT2D eigenvalue weighted by atomic mass is 10.3. The van der Waals surface area contributed by atoms with Crippen LogP contribution in [-0.4, -0.2) is 34.5 Å². The molecule has 0 radical (unpaired) electrons.